The SMILES string of the molecule is OCc1ccc(CN2CCC(CSc3ccccc3)C2)o1. The predicted octanol–water partition coefficient (Wildman–Crippen LogP) is 3.39. The van der Waals surface area contributed by atoms with Crippen molar-refractivity contribution in [3.63, 3.8) is 0 Å². The summed E-state index contributed by atoms with van der Waals surface area (Å²) in [4.78, 5) is 3.80. The molecule has 1 N–H and O–H groups in total. The van der Waals surface area contributed by atoms with Crippen LogP contribution in [0.1, 0.15) is 17.9 Å². The Morgan fingerprint density at radius 1 is 1.14 bits per heavy atom. The van der Waals surface area contributed by atoms with E-state index in [1.165, 1.54) is 17.1 Å². The summed E-state index contributed by atoms with van der Waals surface area (Å²) in [6, 6.07) is 14.4. The van der Waals surface area contributed by atoms with Crippen molar-refractivity contribution < 1.29 is 9.52 Å². The maximum Gasteiger partial charge on any atom is 0.129 e. The molecule has 0 radical (unpaired) electrons. The van der Waals surface area contributed by atoms with Crippen molar-refractivity contribution >= 4 is 11.8 Å². The van der Waals surface area contributed by atoms with E-state index >= 15 is 0 Å². The molecular formula is C17H21NO2S. The Hall–Kier alpha value is -1.23. The molecule has 2 aromatic rings. The van der Waals surface area contributed by atoms with Gasteiger partial charge < -0.3 is 9.52 Å². The van der Waals surface area contributed by atoms with Crippen molar-refractivity contribution in [3.05, 3.63) is 54.0 Å². The van der Waals surface area contributed by atoms with Gasteiger partial charge in [-0.2, -0.15) is 0 Å². The highest BCUT2D eigenvalue weighted by atomic mass is 32.2. The molecule has 1 unspecified atom stereocenters. The van der Waals surface area contributed by atoms with Gasteiger partial charge in [-0.1, -0.05) is 18.2 Å². The molecule has 3 nitrogen and oxygen atoms in total. The maximum atomic E-state index is 9.02. The molecule has 0 amide bonds. The van der Waals surface area contributed by atoms with E-state index in [9.17, 15) is 0 Å². The first-order valence-electron chi connectivity index (χ1n) is 7.42. The van der Waals surface area contributed by atoms with E-state index in [4.69, 9.17) is 9.52 Å². The third kappa shape index (κ3) is 4.13. The lowest BCUT2D eigenvalue weighted by Crippen LogP contribution is -2.20. The molecule has 2 heterocycles. The van der Waals surface area contributed by atoms with E-state index in [1.807, 2.05) is 23.9 Å². The van der Waals surface area contributed by atoms with Crippen molar-refractivity contribution in [1.82, 2.24) is 4.90 Å². The molecule has 0 aliphatic carbocycles. The molecule has 0 saturated carbocycles. The van der Waals surface area contributed by atoms with Gasteiger partial charge in [-0.25, -0.2) is 0 Å². The lowest BCUT2D eigenvalue weighted by molar-refractivity contribution is 0.231. The van der Waals surface area contributed by atoms with Crippen LogP contribution in [0.15, 0.2) is 51.8 Å². The van der Waals surface area contributed by atoms with Crippen molar-refractivity contribution in [2.24, 2.45) is 5.92 Å². The smallest absolute Gasteiger partial charge is 0.129 e. The zero-order valence-corrected chi connectivity index (χ0v) is 12.9. The number of benzene rings is 1. The lowest BCUT2D eigenvalue weighted by Gasteiger charge is -2.14. The minimum Gasteiger partial charge on any atom is -0.462 e. The topological polar surface area (TPSA) is 36.6 Å². The highest BCUT2D eigenvalue weighted by Crippen LogP contribution is 2.26. The van der Waals surface area contributed by atoms with Gasteiger partial charge in [0.25, 0.3) is 0 Å². The summed E-state index contributed by atoms with van der Waals surface area (Å²) in [6.07, 6.45) is 1.26. The molecule has 1 aromatic carbocycles. The van der Waals surface area contributed by atoms with Gasteiger partial charge >= 0.3 is 0 Å². The Morgan fingerprint density at radius 2 is 1.95 bits per heavy atom. The van der Waals surface area contributed by atoms with E-state index < -0.39 is 0 Å². The summed E-state index contributed by atoms with van der Waals surface area (Å²) in [7, 11) is 0. The van der Waals surface area contributed by atoms with Crippen LogP contribution in [0.5, 0.6) is 0 Å². The average molecular weight is 303 g/mol. The van der Waals surface area contributed by atoms with Gasteiger partial charge in [0, 0.05) is 17.2 Å². The Morgan fingerprint density at radius 3 is 2.71 bits per heavy atom. The van der Waals surface area contributed by atoms with E-state index in [1.54, 1.807) is 0 Å². The third-order valence-electron chi connectivity index (χ3n) is 3.85. The Bertz CT molecular complexity index is 555. The average Bonchev–Trinajstić information content (AvgIpc) is 3.16. The molecule has 1 atom stereocenters. The maximum absolute atomic E-state index is 9.02. The molecule has 1 aliphatic heterocycles. The van der Waals surface area contributed by atoms with Gasteiger partial charge in [-0.15, -0.1) is 11.8 Å². The second-order valence-corrected chi connectivity index (χ2v) is 6.63. The van der Waals surface area contributed by atoms with Crippen LogP contribution in [0, 0.1) is 5.92 Å². The number of hydrogen-bond donors (Lipinski definition) is 1. The molecule has 0 spiro atoms. The minimum absolute atomic E-state index is 0.0175. The van der Waals surface area contributed by atoms with Crippen molar-refractivity contribution in [2.45, 2.75) is 24.5 Å². The zero-order chi connectivity index (χ0) is 14.5. The highest BCUT2D eigenvalue weighted by Gasteiger charge is 2.23. The molecule has 1 fully saturated rings. The third-order valence-corrected chi connectivity index (χ3v) is 5.10. The van der Waals surface area contributed by atoms with E-state index in [-0.39, 0.29) is 6.61 Å². The van der Waals surface area contributed by atoms with Gasteiger partial charge in [-0.05, 0) is 43.1 Å². The van der Waals surface area contributed by atoms with Gasteiger partial charge in [-0.3, -0.25) is 4.90 Å². The first-order chi connectivity index (χ1) is 10.3. The predicted molar refractivity (Wildman–Crippen MR) is 85.2 cm³/mol. The molecule has 1 saturated heterocycles. The number of furan rings is 1. The number of thioether (sulfide) groups is 1. The standard InChI is InChI=1S/C17H21NO2S/c19-12-16-7-6-15(20-16)11-18-9-8-14(10-18)13-21-17-4-2-1-3-5-17/h1-7,14,19H,8-13H2. The fraction of sp³-hybridized carbons (Fsp3) is 0.412. The number of nitrogens with zero attached hydrogens (tertiary/aromatic N) is 1. The van der Waals surface area contributed by atoms with E-state index in [2.05, 4.69) is 35.2 Å². The number of likely N-dealkylation sites (tertiary alicyclic amines) is 1. The second kappa shape index (κ2) is 7.16. The van der Waals surface area contributed by atoms with Crippen LogP contribution in [0.3, 0.4) is 0 Å². The van der Waals surface area contributed by atoms with Crippen molar-refractivity contribution in [2.75, 3.05) is 18.8 Å². The normalized spacial score (nSPS) is 19.2. The Kier molecular flexibility index (Phi) is 5.01. The van der Waals surface area contributed by atoms with Gasteiger partial charge in [0.15, 0.2) is 0 Å². The Labute approximate surface area is 130 Å². The molecule has 112 valence electrons. The summed E-state index contributed by atoms with van der Waals surface area (Å²) >= 11 is 1.95. The molecule has 1 aliphatic rings. The van der Waals surface area contributed by atoms with Crippen molar-refractivity contribution in [3.8, 4) is 0 Å². The fourth-order valence-corrected chi connectivity index (χ4v) is 3.79. The molecule has 3 rings (SSSR count). The van der Waals surface area contributed by atoms with Crippen LogP contribution in [-0.2, 0) is 13.2 Å². The lowest BCUT2D eigenvalue weighted by atomic mass is 10.2. The molecule has 1 aromatic heterocycles. The van der Waals surface area contributed by atoms with Crippen LogP contribution in [0.2, 0.25) is 0 Å². The van der Waals surface area contributed by atoms with Crippen LogP contribution >= 0.6 is 11.8 Å². The quantitative estimate of drug-likeness (QED) is 0.830. The fourth-order valence-electron chi connectivity index (χ4n) is 2.74. The monoisotopic (exact) mass is 303 g/mol. The summed E-state index contributed by atoms with van der Waals surface area (Å²) < 4.78 is 5.56. The summed E-state index contributed by atoms with van der Waals surface area (Å²) in [6.45, 7) is 3.10. The molecule has 4 heteroatoms. The van der Waals surface area contributed by atoms with Crippen LogP contribution in [0.25, 0.3) is 0 Å². The second-order valence-electron chi connectivity index (χ2n) is 5.54. The number of aliphatic hydroxyl groups excluding tert-OH is 1. The molecule has 0 bridgehead atoms. The van der Waals surface area contributed by atoms with Crippen LogP contribution in [0.4, 0.5) is 0 Å². The first-order valence-corrected chi connectivity index (χ1v) is 8.40. The van der Waals surface area contributed by atoms with E-state index in [0.717, 1.165) is 31.3 Å². The first kappa shape index (κ1) is 14.7. The van der Waals surface area contributed by atoms with Gasteiger partial charge in [0.2, 0.25) is 0 Å². The zero-order valence-electron chi connectivity index (χ0n) is 12.1. The minimum atomic E-state index is -0.0175. The van der Waals surface area contributed by atoms with Crippen molar-refractivity contribution in [1.29, 1.82) is 0 Å². The number of hydrogen-bond acceptors (Lipinski definition) is 4. The highest BCUT2D eigenvalue weighted by molar-refractivity contribution is 7.99. The van der Waals surface area contributed by atoms with Gasteiger partial charge in [0.05, 0.1) is 6.54 Å². The largest absolute Gasteiger partial charge is 0.462 e. The van der Waals surface area contributed by atoms with Gasteiger partial charge in [0.1, 0.15) is 18.1 Å². The number of rotatable bonds is 6. The van der Waals surface area contributed by atoms with Crippen LogP contribution in [-0.4, -0.2) is 28.8 Å². The summed E-state index contributed by atoms with van der Waals surface area (Å²) in [5.74, 6) is 3.54. The van der Waals surface area contributed by atoms with Crippen LogP contribution < -0.4 is 0 Å². The summed E-state index contributed by atoms with van der Waals surface area (Å²) in [5, 5.41) is 9.02. The summed E-state index contributed by atoms with van der Waals surface area (Å²) in [5.41, 5.74) is 0. The Balaban J connectivity index is 1.44. The number of aliphatic hydroxyl groups is 1. The molecular weight excluding hydrogens is 282 g/mol. The van der Waals surface area contributed by atoms with E-state index in [0.29, 0.717) is 5.76 Å². The molecule has 21 heavy (non-hydrogen) atoms.